The van der Waals surface area contributed by atoms with Crippen LogP contribution in [0.4, 0.5) is 0 Å². The van der Waals surface area contributed by atoms with Crippen LogP contribution in [0.5, 0.6) is 0 Å². The fourth-order valence-corrected chi connectivity index (χ4v) is 0.194. The highest BCUT2D eigenvalue weighted by Gasteiger charge is 2.01. The van der Waals surface area contributed by atoms with Crippen molar-refractivity contribution in [3.63, 3.8) is 0 Å². The summed E-state index contributed by atoms with van der Waals surface area (Å²) in [6.45, 7) is 1.39. The second-order valence-corrected chi connectivity index (χ2v) is 1.40. The molecule has 8 heavy (non-hydrogen) atoms. The van der Waals surface area contributed by atoms with E-state index < -0.39 is 11.7 Å². The predicted octanol–water partition coefficient (Wildman–Crippen LogP) is -0.780. The molecule has 0 rings (SSSR count). The molecule has 1 amide bonds. The van der Waals surface area contributed by atoms with Gasteiger partial charge in [0.15, 0.2) is 5.76 Å². The number of primary amides is 1. The van der Waals surface area contributed by atoms with Crippen molar-refractivity contribution in [2.45, 2.75) is 6.92 Å². The van der Waals surface area contributed by atoms with Gasteiger partial charge in [-0.2, -0.15) is 0 Å². The van der Waals surface area contributed by atoms with Crippen LogP contribution in [0.25, 0.3) is 0 Å². The van der Waals surface area contributed by atoms with E-state index >= 15 is 0 Å². The maximum atomic E-state index is 9.98. The topological polar surface area (TPSA) is 89.3 Å². The third-order valence-corrected chi connectivity index (χ3v) is 0.607. The number of carbonyl (C=O) groups is 1. The second-order valence-electron chi connectivity index (χ2n) is 1.40. The highest BCUT2D eigenvalue weighted by atomic mass is 16.3. The molecule has 4 nitrogen and oxygen atoms in total. The summed E-state index contributed by atoms with van der Waals surface area (Å²) in [6, 6.07) is 0. The zero-order chi connectivity index (χ0) is 6.73. The third-order valence-electron chi connectivity index (χ3n) is 0.607. The molecule has 0 aliphatic carbocycles. The van der Waals surface area contributed by atoms with Crippen molar-refractivity contribution in [3.8, 4) is 0 Å². The molecule has 0 saturated heterocycles. The monoisotopic (exact) mass is 116 g/mol. The molecule has 0 aromatic rings. The van der Waals surface area contributed by atoms with Crippen LogP contribution in [0, 0.1) is 0 Å². The molecule has 5 N–H and O–H groups in total. The summed E-state index contributed by atoms with van der Waals surface area (Å²) in [5.41, 5.74) is 9.62. The molecule has 0 radical (unpaired) electrons. The molecule has 46 valence electrons. The van der Waals surface area contributed by atoms with Crippen molar-refractivity contribution in [2.24, 2.45) is 11.5 Å². The number of carbonyl (C=O) groups excluding carboxylic acids is 1. The van der Waals surface area contributed by atoms with Crippen LogP contribution in [-0.4, -0.2) is 11.0 Å². The van der Waals surface area contributed by atoms with E-state index in [1.54, 1.807) is 0 Å². The molecular formula is C4H8N2O2. The molecular weight excluding hydrogens is 108 g/mol. The first-order chi connectivity index (χ1) is 3.55. The van der Waals surface area contributed by atoms with Gasteiger partial charge in [-0.15, -0.1) is 0 Å². The van der Waals surface area contributed by atoms with Gasteiger partial charge in [0.1, 0.15) is 0 Å². The van der Waals surface area contributed by atoms with E-state index in [4.69, 9.17) is 10.8 Å². The highest BCUT2D eigenvalue weighted by Crippen LogP contribution is 1.88. The highest BCUT2D eigenvalue weighted by molar-refractivity contribution is 5.89. The Balaban J connectivity index is 4.23. The first kappa shape index (κ1) is 6.81. The van der Waals surface area contributed by atoms with Crippen LogP contribution in [0.2, 0.25) is 0 Å². The lowest BCUT2D eigenvalue weighted by Gasteiger charge is -1.92. The van der Waals surface area contributed by atoms with E-state index in [0.717, 1.165) is 0 Å². The molecule has 0 bridgehead atoms. The Morgan fingerprint density at radius 2 is 1.88 bits per heavy atom. The van der Waals surface area contributed by atoms with Crippen molar-refractivity contribution >= 4 is 5.91 Å². The van der Waals surface area contributed by atoms with Gasteiger partial charge in [0, 0.05) is 0 Å². The Morgan fingerprint density at radius 1 is 1.50 bits per heavy atom. The molecule has 0 spiro atoms. The molecule has 0 heterocycles. The van der Waals surface area contributed by atoms with Gasteiger partial charge in [0.2, 0.25) is 0 Å². The summed E-state index contributed by atoms with van der Waals surface area (Å²) < 4.78 is 0. The number of hydrogen-bond donors (Lipinski definition) is 3. The van der Waals surface area contributed by atoms with Crippen molar-refractivity contribution < 1.29 is 9.90 Å². The summed E-state index contributed by atoms with van der Waals surface area (Å²) >= 11 is 0. The van der Waals surface area contributed by atoms with Gasteiger partial charge in [0.25, 0.3) is 5.91 Å². The maximum absolute atomic E-state index is 9.98. The Hall–Kier alpha value is -1.19. The number of allylic oxidation sites excluding steroid dienone is 1. The summed E-state index contributed by atoms with van der Waals surface area (Å²) in [5.74, 6) is -1.46. The Morgan fingerprint density at radius 3 is 1.88 bits per heavy atom. The minimum atomic E-state index is -0.898. The van der Waals surface area contributed by atoms with Crippen LogP contribution >= 0.6 is 0 Å². The summed E-state index contributed by atoms with van der Waals surface area (Å²) in [4.78, 5) is 9.98. The molecule has 0 aliphatic rings. The van der Waals surface area contributed by atoms with E-state index in [0.29, 0.717) is 0 Å². The molecule has 0 saturated carbocycles. The molecule has 0 aliphatic heterocycles. The van der Waals surface area contributed by atoms with Crippen LogP contribution in [-0.2, 0) is 4.79 Å². The summed E-state index contributed by atoms with van der Waals surface area (Å²) in [6.07, 6.45) is 0. The molecule has 4 heteroatoms. The van der Waals surface area contributed by atoms with Gasteiger partial charge in [-0.1, -0.05) is 0 Å². The Labute approximate surface area is 46.8 Å². The smallest absolute Gasteiger partial charge is 0.285 e. The van der Waals surface area contributed by atoms with Crippen LogP contribution in [0.15, 0.2) is 11.5 Å². The standard InChI is InChI=1S/C4H8N2O2/c1-2(5)3(7)4(6)8/h7H,5H2,1H3,(H2,6,8)/b3-2-. The number of hydrogen-bond acceptors (Lipinski definition) is 3. The van der Waals surface area contributed by atoms with Crippen molar-refractivity contribution in [1.29, 1.82) is 0 Å². The number of aliphatic hydroxyl groups is 1. The van der Waals surface area contributed by atoms with E-state index in [1.165, 1.54) is 6.92 Å². The average Bonchev–Trinajstić information content (AvgIpc) is 1.64. The minimum absolute atomic E-state index is 0.0394. The SMILES string of the molecule is C/C(N)=C(/O)C(N)=O. The zero-order valence-electron chi connectivity index (χ0n) is 4.51. The number of rotatable bonds is 1. The number of aliphatic hydroxyl groups excluding tert-OH is 1. The lowest BCUT2D eigenvalue weighted by Crippen LogP contribution is -2.17. The Bertz CT molecular complexity index is 135. The van der Waals surface area contributed by atoms with Gasteiger partial charge in [-0.3, -0.25) is 4.79 Å². The predicted molar refractivity (Wildman–Crippen MR) is 28.7 cm³/mol. The fraction of sp³-hybridized carbons (Fsp3) is 0.250. The molecule has 0 aromatic carbocycles. The Kier molecular flexibility index (Phi) is 1.88. The van der Waals surface area contributed by atoms with Crippen molar-refractivity contribution in [3.05, 3.63) is 11.5 Å². The van der Waals surface area contributed by atoms with Gasteiger partial charge >= 0.3 is 0 Å². The second kappa shape index (κ2) is 2.20. The fourth-order valence-electron chi connectivity index (χ4n) is 0.194. The van der Waals surface area contributed by atoms with Crippen LogP contribution in [0.3, 0.4) is 0 Å². The van der Waals surface area contributed by atoms with Gasteiger partial charge in [-0.25, -0.2) is 0 Å². The lowest BCUT2D eigenvalue weighted by atomic mass is 10.4. The van der Waals surface area contributed by atoms with Gasteiger partial charge < -0.3 is 16.6 Å². The van der Waals surface area contributed by atoms with Crippen LogP contribution in [0.1, 0.15) is 6.92 Å². The van der Waals surface area contributed by atoms with E-state index in [-0.39, 0.29) is 5.70 Å². The quantitative estimate of drug-likeness (QED) is 0.310. The van der Waals surface area contributed by atoms with Crippen LogP contribution < -0.4 is 11.5 Å². The summed E-state index contributed by atoms with van der Waals surface area (Å²) in [5, 5.41) is 8.48. The van der Waals surface area contributed by atoms with E-state index in [1.807, 2.05) is 0 Å². The van der Waals surface area contributed by atoms with E-state index in [2.05, 4.69) is 5.73 Å². The molecule has 0 atom stereocenters. The normalized spacial score (nSPS) is 12.6. The molecule has 0 unspecified atom stereocenters. The average molecular weight is 116 g/mol. The lowest BCUT2D eigenvalue weighted by molar-refractivity contribution is -0.117. The minimum Gasteiger partial charge on any atom is -0.502 e. The summed E-state index contributed by atoms with van der Waals surface area (Å²) in [7, 11) is 0. The maximum Gasteiger partial charge on any atom is 0.285 e. The molecule has 0 aromatic heterocycles. The number of amides is 1. The largest absolute Gasteiger partial charge is 0.502 e. The number of nitrogens with two attached hydrogens (primary N) is 2. The van der Waals surface area contributed by atoms with Crippen molar-refractivity contribution in [1.82, 2.24) is 0 Å². The van der Waals surface area contributed by atoms with E-state index in [9.17, 15) is 4.79 Å². The third kappa shape index (κ3) is 1.51. The zero-order valence-corrected chi connectivity index (χ0v) is 4.51. The molecule has 0 fully saturated rings. The first-order valence-corrected chi connectivity index (χ1v) is 2.01. The first-order valence-electron chi connectivity index (χ1n) is 2.01. The van der Waals surface area contributed by atoms with Crippen molar-refractivity contribution in [2.75, 3.05) is 0 Å². The van der Waals surface area contributed by atoms with Gasteiger partial charge in [-0.05, 0) is 6.92 Å². The van der Waals surface area contributed by atoms with Gasteiger partial charge in [0.05, 0.1) is 5.70 Å².